The summed E-state index contributed by atoms with van der Waals surface area (Å²) in [5.74, 6) is -1.88. The van der Waals surface area contributed by atoms with Gasteiger partial charge in [-0.25, -0.2) is 4.39 Å². The average molecular weight is 341 g/mol. The number of hydrogen-bond donors (Lipinski definition) is 2. The number of nitrogen functional groups attached to an aromatic ring is 1. The second-order valence-corrected chi connectivity index (χ2v) is 5.12. The second-order valence-electron chi connectivity index (χ2n) is 4.74. The lowest BCUT2D eigenvalue weighted by molar-refractivity contribution is -0.192. The molecule has 22 heavy (non-hydrogen) atoms. The molecule has 0 unspecified atom stereocenters. The summed E-state index contributed by atoms with van der Waals surface area (Å²) >= 11 is 5.52. The largest absolute Gasteiger partial charge is 0.403 e. The summed E-state index contributed by atoms with van der Waals surface area (Å²) in [6.45, 7) is 3.76. The normalized spacial score (nSPS) is 15.6. The van der Waals surface area contributed by atoms with Gasteiger partial charge >= 0.3 is 6.18 Å². The lowest BCUT2D eigenvalue weighted by Gasteiger charge is -2.18. The first kappa shape index (κ1) is 18.5. The highest BCUT2D eigenvalue weighted by Crippen LogP contribution is 2.57. The molecule has 0 aromatic heterocycles. The summed E-state index contributed by atoms with van der Waals surface area (Å²) in [6, 6.07) is 2.32. The topological polar surface area (TPSA) is 55.1 Å². The van der Waals surface area contributed by atoms with Crippen molar-refractivity contribution in [1.82, 2.24) is 5.32 Å². The molecule has 1 aliphatic carbocycles. The molecule has 1 fully saturated rings. The molecule has 2 rings (SSSR count). The van der Waals surface area contributed by atoms with Crippen molar-refractivity contribution in [2.24, 2.45) is 5.41 Å². The zero-order valence-corrected chi connectivity index (χ0v) is 12.9. The summed E-state index contributed by atoms with van der Waals surface area (Å²) < 4.78 is 51.4. The van der Waals surface area contributed by atoms with E-state index in [-0.39, 0.29) is 35.7 Å². The quantitative estimate of drug-likeness (QED) is 0.644. The second kappa shape index (κ2) is 6.73. The van der Waals surface area contributed by atoms with E-state index in [0.29, 0.717) is 0 Å². The van der Waals surface area contributed by atoms with E-state index < -0.39 is 23.3 Å². The molecule has 0 radical (unpaired) electrons. The van der Waals surface area contributed by atoms with Gasteiger partial charge in [0.15, 0.2) is 0 Å². The number of hydrogen-bond acceptors (Lipinski definition) is 2. The van der Waals surface area contributed by atoms with Crippen molar-refractivity contribution in [2.45, 2.75) is 39.4 Å². The highest BCUT2D eigenvalue weighted by atomic mass is 35.5. The first-order valence-corrected chi connectivity index (χ1v) is 7.13. The van der Waals surface area contributed by atoms with Gasteiger partial charge in [0.2, 0.25) is 5.91 Å². The van der Waals surface area contributed by atoms with E-state index in [9.17, 15) is 22.4 Å². The molecule has 3 N–H and O–H groups in total. The van der Waals surface area contributed by atoms with Crippen LogP contribution in [0.25, 0.3) is 0 Å². The number of anilines is 1. The Morgan fingerprint density at radius 3 is 2.32 bits per heavy atom. The number of nitrogens with one attached hydrogen (secondary N) is 1. The van der Waals surface area contributed by atoms with Crippen LogP contribution in [0.2, 0.25) is 5.02 Å². The van der Waals surface area contributed by atoms with Gasteiger partial charge in [0, 0.05) is 6.54 Å². The van der Waals surface area contributed by atoms with E-state index in [4.69, 9.17) is 17.3 Å². The lowest BCUT2D eigenvalue weighted by atomic mass is 10.1. The fourth-order valence-corrected chi connectivity index (χ4v) is 2.00. The van der Waals surface area contributed by atoms with E-state index in [1.807, 2.05) is 13.8 Å². The fourth-order valence-electron chi connectivity index (χ4n) is 1.89. The Balaban J connectivity index is 0.00000116. The minimum atomic E-state index is -4.57. The molecule has 1 amide bonds. The number of alkyl halides is 3. The molecule has 1 aromatic rings. The Hall–Kier alpha value is -1.50. The molecule has 0 saturated heterocycles. The monoisotopic (exact) mass is 340 g/mol. The van der Waals surface area contributed by atoms with Gasteiger partial charge in [0.1, 0.15) is 11.2 Å². The minimum absolute atomic E-state index is 0.0344. The summed E-state index contributed by atoms with van der Waals surface area (Å²) in [4.78, 5) is 11.6. The van der Waals surface area contributed by atoms with Gasteiger partial charge in [-0.1, -0.05) is 25.4 Å². The van der Waals surface area contributed by atoms with Crippen LogP contribution in [-0.2, 0) is 11.3 Å². The van der Waals surface area contributed by atoms with Crippen LogP contribution in [-0.4, -0.2) is 12.1 Å². The van der Waals surface area contributed by atoms with Crippen LogP contribution in [0.3, 0.4) is 0 Å². The van der Waals surface area contributed by atoms with Gasteiger partial charge in [0.25, 0.3) is 0 Å². The summed E-state index contributed by atoms with van der Waals surface area (Å²) in [5.41, 5.74) is 3.35. The van der Waals surface area contributed by atoms with Crippen molar-refractivity contribution >= 4 is 23.2 Å². The molecule has 0 bridgehead atoms. The van der Waals surface area contributed by atoms with Gasteiger partial charge in [-0.3, -0.25) is 4.79 Å². The third-order valence-electron chi connectivity index (χ3n) is 3.30. The van der Waals surface area contributed by atoms with Crippen molar-refractivity contribution in [2.75, 3.05) is 5.73 Å². The van der Waals surface area contributed by atoms with Crippen molar-refractivity contribution in [3.05, 3.63) is 28.5 Å². The van der Waals surface area contributed by atoms with E-state index in [2.05, 4.69) is 5.32 Å². The Labute approximate surface area is 130 Å². The van der Waals surface area contributed by atoms with Gasteiger partial charge in [-0.05, 0) is 30.5 Å². The molecule has 1 saturated carbocycles. The van der Waals surface area contributed by atoms with E-state index >= 15 is 0 Å². The van der Waals surface area contributed by atoms with E-state index in [1.165, 1.54) is 6.07 Å². The van der Waals surface area contributed by atoms with Crippen LogP contribution in [0.1, 0.15) is 32.3 Å². The number of amides is 1. The predicted octanol–water partition coefficient (Wildman–Crippen LogP) is 4.05. The molecule has 0 spiro atoms. The molecule has 0 atom stereocenters. The van der Waals surface area contributed by atoms with Crippen molar-refractivity contribution in [3.63, 3.8) is 0 Å². The lowest BCUT2D eigenvalue weighted by Crippen LogP contribution is -2.40. The zero-order valence-electron chi connectivity index (χ0n) is 12.2. The van der Waals surface area contributed by atoms with Gasteiger partial charge in [0.05, 0.1) is 10.7 Å². The molecule has 124 valence electrons. The summed E-state index contributed by atoms with van der Waals surface area (Å²) in [6.07, 6.45) is -5.01. The third kappa shape index (κ3) is 3.63. The number of rotatable bonds is 3. The molecule has 0 aliphatic heterocycles. The zero-order chi connectivity index (χ0) is 17.1. The smallest absolute Gasteiger partial charge is 0.397 e. The Bertz CT molecular complexity index is 533. The molecule has 1 aliphatic rings. The number of carbonyl (C=O) groups is 1. The summed E-state index contributed by atoms with van der Waals surface area (Å²) in [7, 11) is 0. The van der Waals surface area contributed by atoms with Gasteiger partial charge in [-0.15, -0.1) is 0 Å². The molecule has 8 heteroatoms. The minimum Gasteiger partial charge on any atom is -0.397 e. The van der Waals surface area contributed by atoms with Crippen LogP contribution in [0, 0.1) is 11.2 Å². The Kier molecular flexibility index (Phi) is 5.67. The maximum atomic E-state index is 13.3. The third-order valence-corrected chi connectivity index (χ3v) is 3.70. The standard InChI is InChI=1S/C12H11ClF4N2O.C2H6/c13-9-7(14)3-6(4-8(9)18)5-19-10(20)11(1-2-11)12(15,16)17;1-2/h3-4H,1-2,5,18H2,(H,19,20);1-2H3. The number of carbonyl (C=O) groups excluding carboxylic acids is 1. The molecular weight excluding hydrogens is 324 g/mol. The SMILES string of the molecule is CC.Nc1cc(CNC(=O)C2(C(F)(F)F)CC2)cc(F)c1Cl. The number of nitrogens with two attached hydrogens (primary N) is 1. The van der Waals surface area contributed by atoms with Gasteiger partial charge < -0.3 is 11.1 Å². The van der Waals surface area contributed by atoms with Crippen molar-refractivity contribution < 1.29 is 22.4 Å². The Morgan fingerprint density at radius 2 is 1.91 bits per heavy atom. The van der Waals surface area contributed by atoms with Crippen LogP contribution in [0.4, 0.5) is 23.2 Å². The van der Waals surface area contributed by atoms with Gasteiger partial charge in [-0.2, -0.15) is 13.2 Å². The highest BCUT2D eigenvalue weighted by Gasteiger charge is 2.68. The molecular formula is C14H17ClF4N2O. The molecule has 0 heterocycles. The first-order valence-electron chi connectivity index (χ1n) is 6.76. The Morgan fingerprint density at radius 1 is 1.36 bits per heavy atom. The first-order chi connectivity index (χ1) is 10.2. The predicted molar refractivity (Wildman–Crippen MR) is 76.7 cm³/mol. The van der Waals surface area contributed by atoms with Crippen LogP contribution in [0.5, 0.6) is 0 Å². The van der Waals surface area contributed by atoms with E-state index in [0.717, 1.165) is 6.07 Å². The van der Waals surface area contributed by atoms with Crippen LogP contribution >= 0.6 is 11.6 Å². The number of halogens is 5. The maximum Gasteiger partial charge on any atom is 0.403 e. The van der Waals surface area contributed by atoms with E-state index in [1.54, 1.807) is 0 Å². The molecule has 1 aromatic carbocycles. The average Bonchev–Trinajstić information content (AvgIpc) is 3.25. The number of benzene rings is 1. The van der Waals surface area contributed by atoms with Crippen molar-refractivity contribution in [3.8, 4) is 0 Å². The van der Waals surface area contributed by atoms with Crippen molar-refractivity contribution in [1.29, 1.82) is 0 Å². The highest BCUT2D eigenvalue weighted by molar-refractivity contribution is 6.33. The fraction of sp³-hybridized carbons (Fsp3) is 0.500. The maximum absolute atomic E-state index is 13.3. The summed E-state index contributed by atoms with van der Waals surface area (Å²) in [5, 5.41) is 1.90. The molecule has 3 nitrogen and oxygen atoms in total. The van der Waals surface area contributed by atoms with Crippen LogP contribution < -0.4 is 11.1 Å². The van der Waals surface area contributed by atoms with Crippen LogP contribution in [0.15, 0.2) is 12.1 Å².